The maximum absolute atomic E-state index is 12.5. The van der Waals surface area contributed by atoms with E-state index in [-0.39, 0.29) is 5.97 Å². The number of ether oxygens (including phenoxy) is 2. The molecule has 0 amide bonds. The molecule has 2 fully saturated rings. The van der Waals surface area contributed by atoms with Crippen LogP contribution >= 0.6 is 0 Å². The highest BCUT2D eigenvalue weighted by atomic mass is 16.5. The predicted octanol–water partition coefficient (Wildman–Crippen LogP) is 2.90. The Morgan fingerprint density at radius 2 is 1.90 bits per heavy atom. The molecule has 4 nitrogen and oxygen atoms in total. The summed E-state index contributed by atoms with van der Waals surface area (Å²) in [5, 5.41) is 3.40. The van der Waals surface area contributed by atoms with Crippen LogP contribution in [0.2, 0.25) is 0 Å². The Bertz CT molecular complexity index is 343. The predicted molar refractivity (Wildman–Crippen MR) is 83.1 cm³/mol. The zero-order chi connectivity index (χ0) is 15.3. The Morgan fingerprint density at radius 1 is 1.19 bits per heavy atom. The third-order valence-corrected chi connectivity index (χ3v) is 4.96. The molecule has 1 N–H and O–H groups in total. The average Bonchev–Trinajstić information content (AvgIpc) is 3.30. The average molecular weight is 297 g/mol. The third kappa shape index (κ3) is 3.98. The molecule has 122 valence electrons. The summed E-state index contributed by atoms with van der Waals surface area (Å²) >= 11 is 0. The van der Waals surface area contributed by atoms with Gasteiger partial charge in [-0.15, -0.1) is 0 Å². The van der Waals surface area contributed by atoms with Crippen molar-refractivity contribution in [3.63, 3.8) is 0 Å². The number of carbonyl (C=O) groups excluding carboxylic acids is 1. The highest BCUT2D eigenvalue weighted by Gasteiger charge is 2.52. The van der Waals surface area contributed by atoms with Crippen molar-refractivity contribution in [2.24, 2.45) is 11.8 Å². The van der Waals surface area contributed by atoms with Crippen LogP contribution in [-0.2, 0) is 14.3 Å². The molecule has 0 radical (unpaired) electrons. The van der Waals surface area contributed by atoms with Gasteiger partial charge in [-0.25, -0.2) is 4.79 Å². The first-order valence-electron chi connectivity index (χ1n) is 8.67. The molecule has 2 aliphatic rings. The van der Waals surface area contributed by atoms with Gasteiger partial charge in [0, 0.05) is 0 Å². The Kier molecular flexibility index (Phi) is 6.06. The molecule has 0 aromatic rings. The molecule has 2 rings (SSSR count). The first-order chi connectivity index (χ1) is 10.1. The normalized spacial score (nSPS) is 28.9. The molecule has 0 aromatic carbocycles. The Balaban J connectivity index is 2.02. The lowest BCUT2D eigenvalue weighted by molar-refractivity contribution is -0.158. The second-order valence-corrected chi connectivity index (χ2v) is 6.61. The maximum Gasteiger partial charge on any atom is 0.329 e. The molecule has 0 saturated heterocycles. The molecule has 2 saturated carbocycles. The van der Waals surface area contributed by atoms with E-state index in [9.17, 15) is 4.79 Å². The zero-order valence-corrected chi connectivity index (χ0v) is 13.8. The second-order valence-electron chi connectivity index (χ2n) is 6.61. The highest BCUT2D eigenvalue weighted by molar-refractivity contribution is 5.82. The van der Waals surface area contributed by atoms with Crippen LogP contribution in [0.4, 0.5) is 0 Å². The molecule has 3 unspecified atom stereocenters. The van der Waals surface area contributed by atoms with E-state index in [1.807, 2.05) is 13.8 Å². The molecule has 0 spiro atoms. The topological polar surface area (TPSA) is 47.6 Å². The van der Waals surface area contributed by atoms with Crippen molar-refractivity contribution < 1.29 is 14.3 Å². The van der Waals surface area contributed by atoms with Crippen LogP contribution in [-0.4, -0.2) is 37.4 Å². The molecular weight excluding hydrogens is 266 g/mol. The lowest BCUT2D eigenvalue weighted by Crippen LogP contribution is -2.59. The van der Waals surface area contributed by atoms with Gasteiger partial charge in [0.15, 0.2) is 0 Å². The molecule has 0 bridgehead atoms. The van der Waals surface area contributed by atoms with Gasteiger partial charge in [-0.2, -0.15) is 0 Å². The van der Waals surface area contributed by atoms with Gasteiger partial charge < -0.3 is 9.47 Å². The van der Waals surface area contributed by atoms with Crippen molar-refractivity contribution in [1.29, 1.82) is 0 Å². The number of nitrogens with one attached hydrogen (secondary N) is 1. The van der Waals surface area contributed by atoms with Crippen LogP contribution in [0.15, 0.2) is 0 Å². The van der Waals surface area contributed by atoms with Gasteiger partial charge in [-0.05, 0) is 51.0 Å². The fourth-order valence-corrected chi connectivity index (χ4v) is 3.53. The number of likely N-dealkylation sites (N-methyl/N-ethyl adjacent to an activating group) is 1. The Labute approximate surface area is 129 Å². The summed E-state index contributed by atoms with van der Waals surface area (Å²) in [6, 6.07) is 0. The van der Waals surface area contributed by atoms with Crippen LogP contribution in [0.5, 0.6) is 0 Å². The summed E-state index contributed by atoms with van der Waals surface area (Å²) in [7, 11) is 0. The number of hydrogen-bond donors (Lipinski definition) is 1. The number of hydrogen-bond acceptors (Lipinski definition) is 4. The van der Waals surface area contributed by atoms with Gasteiger partial charge >= 0.3 is 5.97 Å². The van der Waals surface area contributed by atoms with Crippen LogP contribution in [0.1, 0.15) is 59.3 Å². The van der Waals surface area contributed by atoms with Crippen LogP contribution in [0.3, 0.4) is 0 Å². The van der Waals surface area contributed by atoms with Gasteiger partial charge in [-0.3, -0.25) is 5.32 Å². The van der Waals surface area contributed by atoms with Gasteiger partial charge in [0.25, 0.3) is 0 Å². The Morgan fingerprint density at radius 3 is 2.48 bits per heavy atom. The number of rotatable bonds is 8. The largest absolute Gasteiger partial charge is 0.465 e. The zero-order valence-electron chi connectivity index (χ0n) is 13.8. The van der Waals surface area contributed by atoms with Crippen molar-refractivity contribution in [3.05, 3.63) is 0 Å². The lowest BCUT2D eigenvalue weighted by atomic mass is 9.87. The van der Waals surface area contributed by atoms with E-state index in [1.54, 1.807) is 0 Å². The SMILES string of the molecule is CCNC(COC1CCCCC1C)(C(=O)OCC)C1CC1. The standard InChI is InChI=1S/C17H31NO3/c1-4-18-17(14-10-11-14,16(19)20-5-2)12-21-15-9-7-6-8-13(15)3/h13-15,18H,4-12H2,1-3H3. The maximum atomic E-state index is 12.5. The summed E-state index contributed by atoms with van der Waals surface area (Å²) in [5.41, 5.74) is -0.623. The van der Waals surface area contributed by atoms with Gasteiger partial charge in [0.1, 0.15) is 5.54 Å². The van der Waals surface area contributed by atoms with E-state index in [2.05, 4.69) is 12.2 Å². The lowest BCUT2D eigenvalue weighted by Gasteiger charge is -2.36. The van der Waals surface area contributed by atoms with Crippen molar-refractivity contribution >= 4 is 5.97 Å². The fraction of sp³-hybridized carbons (Fsp3) is 0.941. The molecule has 3 atom stereocenters. The first-order valence-corrected chi connectivity index (χ1v) is 8.67. The van der Waals surface area contributed by atoms with Crippen LogP contribution < -0.4 is 5.32 Å². The molecule has 0 aliphatic heterocycles. The van der Waals surface area contributed by atoms with E-state index in [0.29, 0.717) is 31.2 Å². The van der Waals surface area contributed by atoms with E-state index in [4.69, 9.17) is 9.47 Å². The highest BCUT2D eigenvalue weighted by Crippen LogP contribution is 2.41. The van der Waals surface area contributed by atoms with Crippen LogP contribution in [0.25, 0.3) is 0 Å². The molecule has 0 aromatic heterocycles. The molecule has 2 aliphatic carbocycles. The summed E-state index contributed by atoms with van der Waals surface area (Å²) in [4.78, 5) is 12.5. The van der Waals surface area contributed by atoms with Crippen molar-refractivity contribution in [2.45, 2.75) is 70.9 Å². The minimum Gasteiger partial charge on any atom is -0.465 e. The summed E-state index contributed by atoms with van der Waals surface area (Å²) in [6.45, 7) is 7.82. The van der Waals surface area contributed by atoms with Crippen molar-refractivity contribution in [3.8, 4) is 0 Å². The summed E-state index contributed by atoms with van der Waals surface area (Å²) < 4.78 is 11.6. The van der Waals surface area contributed by atoms with Gasteiger partial charge in [0.05, 0.1) is 19.3 Å². The summed E-state index contributed by atoms with van der Waals surface area (Å²) in [5.74, 6) is 0.840. The second kappa shape index (κ2) is 7.59. The first kappa shape index (κ1) is 16.8. The minimum atomic E-state index is -0.623. The van der Waals surface area contributed by atoms with Crippen molar-refractivity contribution in [1.82, 2.24) is 5.32 Å². The molecule has 0 heterocycles. The molecular formula is C17H31NO3. The number of carbonyl (C=O) groups is 1. The molecule has 4 heteroatoms. The van der Waals surface area contributed by atoms with Crippen LogP contribution in [0, 0.1) is 11.8 Å². The van der Waals surface area contributed by atoms with Crippen molar-refractivity contribution in [2.75, 3.05) is 19.8 Å². The number of esters is 1. The fourth-order valence-electron chi connectivity index (χ4n) is 3.53. The summed E-state index contributed by atoms with van der Waals surface area (Å²) in [6.07, 6.45) is 7.39. The van der Waals surface area contributed by atoms with E-state index in [1.165, 1.54) is 19.3 Å². The van der Waals surface area contributed by atoms with Gasteiger partial charge in [0.2, 0.25) is 0 Å². The quantitative estimate of drug-likeness (QED) is 0.700. The van der Waals surface area contributed by atoms with E-state index >= 15 is 0 Å². The smallest absolute Gasteiger partial charge is 0.329 e. The minimum absolute atomic E-state index is 0.127. The monoisotopic (exact) mass is 297 g/mol. The Hall–Kier alpha value is -0.610. The van der Waals surface area contributed by atoms with Gasteiger partial charge in [-0.1, -0.05) is 26.7 Å². The van der Waals surface area contributed by atoms with E-state index in [0.717, 1.165) is 25.8 Å². The molecule has 21 heavy (non-hydrogen) atoms. The third-order valence-electron chi connectivity index (χ3n) is 4.96. The van der Waals surface area contributed by atoms with E-state index < -0.39 is 5.54 Å².